The summed E-state index contributed by atoms with van der Waals surface area (Å²) < 4.78 is 0.717. The highest BCUT2D eigenvalue weighted by molar-refractivity contribution is 8.01. The second-order valence-electron chi connectivity index (χ2n) is 4.26. The Labute approximate surface area is 129 Å². The number of nitrogens with zero attached hydrogens (tertiary/aromatic N) is 4. The van der Waals surface area contributed by atoms with E-state index in [9.17, 15) is 14.9 Å². The normalized spacial score (nSPS) is 10.4. The number of hydrogen-bond donors (Lipinski definition) is 0. The van der Waals surface area contributed by atoms with Crippen LogP contribution in [0.1, 0.15) is 10.4 Å². The van der Waals surface area contributed by atoms with Gasteiger partial charge in [-0.05, 0) is 12.1 Å². The molecule has 1 heterocycles. The van der Waals surface area contributed by atoms with Gasteiger partial charge in [0.1, 0.15) is 0 Å². The average Bonchev–Trinajstić information content (AvgIpc) is 2.94. The first kappa shape index (κ1) is 15.4. The third kappa shape index (κ3) is 3.99. The minimum absolute atomic E-state index is 0.0287. The van der Waals surface area contributed by atoms with E-state index in [0.29, 0.717) is 9.90 Å². The molecule has 0 aliphatic carbocycles. The first-order valence-electron chi connectivity index (χ1n) is 5.88. The highest BCUT2D eigenvalue weighted by atomic mass is 32.2. The van der Waals surface area contributed by atoms with Crippen molar-refractivity contribution in [2.24, 2.45) is 0 Å². The predicted octanol–water partition coefficient (Wildman–Crippen LogP) is 2.49. The molecule has 21 heavy (non-hydrogen) atoms. The molecule has 7 nitrogen and oxygen atoms in total. The molecule has 0 saturated carbocycles. The van der Waals surface area contributed by atoms with E-state index in [0.717, 1.165) is 5.13 Å². The van der Waals surface area contributed by atoms with Gasteiger partial charge >= 0.3 is 0 Å². The molecule has 1 aromatic carbocycles. The number of aromatic nitrogens is 2. The molecule has 2 rings (SSSR count). The van der Waals surface area contributed by atoms with Crippen molar-refractivity contribution < 1.29 is 9.72 Å². The van der Waals surface area contributed by atoms with Crippen LogP contribution in [0, 0.1) is 10.1 Å². The van der Waals surface area contributed by atoms with E-state index in [4.69, 9.17) is 0 Å². The summed E-state index contributed by atoms with van der Waals surface area (Å²) in [7, 11) is 3.74. The van der Waals surface area contributed by atoms with Crippen molar-refractivity contribution in [3.05, 3.63) is 39.9 Å². The molecule has 0 bridgehead atoms. The topological polar surface area (TPSA) is 89.2 Å². The molecule has 0 unspecified atom stereocenters. The lowest BCUT2D eigenvalue weighted by Gasteiger charge is -2.03. The molecule has 0 aliphatic heterocycles. The lowest BCUT2D eigenvalue weighted by molar-refractivity contribution is -0.384. The number of carbonyl (C=O) groups excluding carboxylic acids is 1. The number of rotatable bonds is 6. The number of benzene rings is 1. The summed E-state index contributed by atoms with van der Waals surface area (Å²) in [6, 6.07) is 5.58. The third-order valence-electron chi connectivity index (χ3n) is 2.51. The Morgan fingerprint density at radius 1 is 1.33 bits per heavy atom. The summed E-state index contributed by atoms with van der Waals surface area (Å²) >= 11 is 2.72. The summed E-state index contributed by atoms with van der Waals surface area (Å²) in [4.78, 5) is 23.9. The summed E-state index contributed by atoms with van der Waals surface area (Å²) in [6.45, 7) is 0. The van der Waals surface area contributed by atoms with E-state index in [1.54, 1.807) is 0 Å². The number of anilines is 1. The molecule has 0 saturated heterocycles. The smallest absolute Gasteiger partial charge is 0.269 e. The van der Waals surface area contributed by atoms with E-state index < -0.39 is 4.92 Å². The number of nitro groups is 1. The van der Waals surface area contributed by atoms with Gasteiger partial charge in [0.2, 0.25) is 5.13 Å². The molecule has 0 N–H and O–H groups in total. The van der Waals surface area contributed by atoms with Crippen LogP contribution in [0.5, 0.6) is 0 Å². The number of carbonyl (C=O) groups is 1. The van der Waals surface area contributed by atoms with E-state index in [1.807, 2.05) is 19.0 Å². The quantitative estimate of drug-likeness (QED) is 0.349. The fourth-order valence-electron chi connectivity index (χ4n) is 1.42. The van der Waals surface area contributed by atoms with Crippen LogP contribution in [0.4, 0.5) is 10.8 Å². The summed E-state index contributed by atoms with van der Waals surface area (Å²) in [5.41, 5.74) is 0.421. The summed E-state index contributed by atoms with van der Waals surface area (Å²) in [5.74, 6) is 0.122. The van der Waals surface area contributed by atoms with Crippen molar-refractivity contribution in [1.82, 2.24) is 10.2 Å². The second kappa shape index (κ2) is 6.64. The van der Waals surface area contributed by atoms with Gasteiger partial charge in [-0.15, -0.1) is 10.2 Å². The van der Waals surface area contributed by atoms with Crippen LogP contribution in [0.25, 0.3) is 0 Å². The Morgan fingerprint density at radius 2 is 2.00 bits per heavy atom. The van der Waals surface area contributed by atoms with Gasteiger partial charge < -0.3 is 4.90 Å². The minimum Gasteiger partial charge on any atom is -0.353 e. The largest absolute Gasteiger partial charge is 0.353 e. The van der Waals surface area contributed by atoms with Crippen LogP contribution in [0.15, 0.2) is 28.6 Å². The van der Waals surface area contributed by atoms with Crippen molar-refractivity contribution in [1.29, 1.82) is 0 Å². The van der Waals surface area contributed by atoms with Gasteiger partial charge in [0.05, 0.1) is 10.7 Å². The first-order chi connectivity index (χ1) is 9.97. The second-order valence-corrected chi connectivity index (χ2v) is 6.44. The number of Topliss-reactive ketones (excluding diaryl/α,β-unsaturated/α-hetero) is 1. The van der Waals surface area contributed by atoms with Crippen LogP contribution in [-0.4, -0.2) is 40.8 Å². The average molecular weight is 324 g/mol. The minimum atomic E-state index is -0.493. The van der Waals surface area contributed by atoms with Crippen LogP contribution in [0.3, 0.4) is 0 Å². The zero-order valence-electron chi connectivity index (χ0n) is 11.3. The van der Waals surface area contributed by atoms with Crippen LogP contribution in [0.2, 0.25) is 0 Å². The van der Waals surface area contributed by atoms with Crippen LogP contribution in [-0.2, 0) is 0 Å². The molecule has 0 fully saturated rings. The van der Waals surface area contributed by atoms with E-state index >= 15 is 0 Å². The SMILES string of the molecule is CN(C)c1nnc(SCC(=O)c2ccc([N+](=O)[O-])cc2)s1. The molecule has 0 atom stereocenters. The van der Waals surface area contributed by atoms with Gasteiger partial charge in [-0.3, -0.25) is 14.9 Å². The zero-order valence-corrected chi connectivity index (χ0v) is 13.0. The molecule has 110 valence electrons. The third-order valence-corrected chi connectivity index (χ3v) is 4.73. The number of nitro benzene ring substituents is 1. The standard InChI is InChI=1S/C12H12N4O3S2/c1-15(2)11-13-14-12(21-11)20-7-10(17)8-3-5-9(6-4-8)16(18)19/h3-6H,7H2,1-2H3. The van der Waals surface area contributed by atoms with Crippen molar-refractivity contribution in [3.8, 4) is 0 Å². The Balaban J connectivity index is 1.96. The Kier molecular flexibility index (Phi) is 4.86. The molecule has 2 aromatic rings. The van der Waals surface area contributed by atoms with E-state index in [-0.39, 0.29) is 17.2 Å². The first-order valence-corrected chi connectivity index (χ1v) is 7.69. The molecule has 0 spiro atoms. The van der Waals surface area contributed by atoms with Gasteiger partial charge in [0, 0.05) is 31.8 Å². The van der Waals surface area contributed by atoms with Crippen molar-refractivity contribution in [2.45, 2.75) is 4.34 Å². The Bertz CT molecular complexity index is 655. The highest BCUT2D eigenvalue weighted by Gasteiger charge is 2.12. The molecular weight excluding hydrogens is 312 g/mol. The summed E-state index contributed by atoms with van der Waals surface area (Å²) in [5, 5.41) is 19.3. The lowest BCUT2D eigenvalue weighted by Crippen LogP contribution is -2.07. The maximum Gasteiger partial charge on any atom is 0.269 e. The zero-order chi connectivity index (χ0) is 15.4. The highest BCUT2D eigenvalue weighted by Crippen LogP contribution is 2.27. The van der Waals surface area contributed by atoms with Crippen molar-refractivity contribution >= 4 is 39.7 Å². The summed E-state index contributed by atoms with van der Waals surface area (Å²) in [6.07, 6.45) is 0. The fraction of sp³-hybridized carbons (Fsp3) is 0.250. The monoisotopic (exact) mass is 324 g/mol. The lowest BCUT2D eigenvalue weighted by atomic mass is 10.1. The fourth-order valence-corrected chi connectivity index (χ4v) is 3.08. The maximum absolute atomic E-state index is 12.0. The Hall–Kier alpha value is -2.00. The number of hydrogen-bond acceptors (Lipinski definition) is 8. The number of thioether (sulfide) groups is 1. The van der Waals surface area contributed by atoms with Crippen molar-refractivity contribution in [3.63, 3.8) is 0 Å². The van der Waals surface area contributed by atoms with E-state index in [1.165, 1.54) is 47.4 Å². The van der Waals surface area contributed by atoms with E-state index in [2.05, 4.69) is 10.2 Å². The van der Waals surface area contributed by atoms with Gasteiger partial charge in [-0.2, -0.15) is 0 Å². The molecule has 0 amide bonds. The van der Waals surface area contributed by atoms with Gasteiger partial charge in [0.25, 0.3) is 5.69 Å². The van der Waals surface area contributed by atoms with Crippen molar-refractivity contribution in [2.75, 3.05) is 24.7 Å². The van der Waals surface area contributed by atoms with Gasteiger partial charge in [-0.25, -0.2) is 0 Å². The maximum atomic E-state index is 12.0. The molecule has 1 aromatic heterocycles. The molecular formula is C12H12N4O3S2. The molecule has 0 aliphatic rings. The van der Waals surface area contributed by atoms with Crippen LogP contribution < -0.4 is 4.90 Å². The number of ketones is 1. The molecule has 9 heteroatoms. The van der Waals surface area contributed by atoms with Gasteiger partial charge in [0.15, 0.2) is 10.1 Å². The molecule has 0 radical (unpaired) electrons. The Morgan fingerprint density at radius 3 is 2.52 bits per heavy atom. The number of non-ortho nitro benzene ring substituents is 1. The van der Waals surface area contributed by atoms with Gasteiger partial charge in [-0.1, -0.05) is 23.1 Å². The predicted molar refractivity (Wildman–Crippen MR) is 82.4 cm³/mol. The van der Waals surface area contributed by atoms with Crippen LogP contribution >= 0.6 is 23.1 Å².